The molecule has 0 fully saturated rings. The molecule has 0 aliphatic rings. The van der Waals surface area contributed by atoms with Crippen LogP contribution in [-0.2, 0) is 16.0 Å². The fourth-order valence-electron chi connectivity index (χ4n) is 1.79. The lowest BCUT2D eigenvalue weighted by atomic mass is 10.1. The molecule has 0 radical (unpaired) electrons. The molecular weight excluding hydrogens is 359 g/mol. The van der Waals surface area contributed by atoms with E-state index in [1.54, 1.807) is 23.6 Å². The third-order valence-corrected chi connectivity index (χ3v) is 4.51. The standard InChI is InChI=1S/C15H14Cl2N2O3S/c1-15(2,14(21)22)19-12(20)6-9-7-23-13(18-9)10-4-3-8(16)5-11(10)17/h3-5,7H,6H2,1-2H3,(H,19,20)(H,21,22). The van der Waals surface area contributed by atoms with Crippen LogP contribution in [0.15, 0.2) is 23.6 Å². The van der Waals surface area contributed by atoms with E-state index in [0.29, 0.717) is 20.7 Å². The number of nitrogens with one attached hydrogen (secondary N) is 1. The summed E-state index contributed by atoms with van der Waals surface area (Å²) in [7, 11) is 0. The number of carboxylic acids is 1. The van der Waals surface area contributed by atoms with Crippen molar-refractivity contribution in [3.8, 4) is 10.6 Å². The zero-order valence-corrected chi connectivity index (χ0v) is 14.7. The first-order valence-electron chi connectivity index (χ1n) is 6.63. The van der Waals surface area contributed by atoms with Crippen LogP contribution in [0.3, 0.4) is 0 Å². The number of carboxylic acid groups (broad SMARTS) is 1. The summed E-state index contributed by atoms with van der Waals surface area (Å²) in [5.41, 5.74) is -0.0385. The van der Waals surface area contributed by atoms with Gasteiger partial charge in [-0.1, -0.05) is 23.2 Å². The van der Waals surface area contributed by atoms with Gasteiger partial charge in [-0.2, -0.15) is 0 Å². The zero-order valence-electron chi connectivity index (χ0n) is 12.4. The molecule has 0 unspecified atom stereocenters. The molecule has 2 aromatic rings. The molecule has 5 nitrogen and oxygen atoms in total. The van der Waals surface area contributed by atoms with E-state index in [9.17, 15) is 9.59 Å². The molecule has 1 aromatic heterocycles. The molecule has 0 aliphatic heterocycles. The predicted octanol–water partition coefficient (Wildman–Crippen LogP) is 3.64. The van der Waals surface area contributed by atoms with Crippen molar-refractivity contribution >= 4 is 46.4 Å². The van der Waals surface area contributed by atoms with Crippen LogP contribution in [0.4, 0.5) is 0 Å². The molecule has 122 valence electrons. The van der Waals surface area contributed by atoms with E-state index in [4.69, 9.17) is 28.3 Å². The SMILES string of the molecule is CC(C)(NC(=O)Cc1csc(-c2ccc(Cl)cc2Cl)n1)C(=O)O. The van der Waals surface area contributed by atoms with Gasteiger partial charge in [-0.05, 0) is 32.0 Å². The molecule has 0 bridgehead atoms. The Balaban J connectivity index is 2.11. The van der Waals surface area contributed by atoms with Gasteiger partial charge in [0.05, 0.1) is 17.1 Å². The lowest BCUT2D eigenvalue weighted by Gasteiger charge is -2.20. The number of hydrogen-bond donors (Lipinski definition) is 2. The van der Waals surface area contributed by atoms with Gasteiger partial charge >= 0.3 is 5.97 Å². The van der Waals surface area contributed by atoms with E-state index in [1.165, 1.54) is 25.2 Å². The maximum absolute atomic E-state index is 11.9. The lowest BCUT2D eigenvalue weighted by Crippen LogP contribution is -2.50. The van der Waals surface area contributed by atoms with Crippen LogP contribution in [0.25, 0.3) is 10.6 Å². The number of aromatic nitrogens is 1. The van der Waals surface area contributed by atoms with Gasteiger partial charge in [0.25, 0.3) is 0 Å². The summed E-state index contributed by atoms with van der Waals surface area (Å²) in [5, 5.41) is 14.9. The lowest BCUT2D eigenvalue weighted by molar-refractivity contribution is -0.145. The molecular formula is C15H14Cl2N2O3S. The Labute approximate surface area is 147 Å². The Morgan fingerprint density at radius 1 is 1.35 bits per heavy atom. The largest absolute Gasteiger partial charge is 0.480 e. The molecule has 2 N–H and O–H groups in total. The Morgan fingerprint density at radius 3 is 2.65 bits per heavy atom. The molecule has 1 heterocycles. The highest BCUT2D eigenvalue weighted by Crippen LogP contribution is 2.32. The summed E-state index contributed by atoms with van der Waals surface area (Å²) in [4.78, 5) is 27.3. The van der Waals surface area contributed by atoms with Crippen molar-refractivity contribution in [3.05, 3.63) is 39.3 Å². The molecule has 1 amide bonds. The highest BCUT2D eigenvalue weighted by molar-refractivity contribution is 7.13. The summed E-state index contributed by atoms with van der Waals surface area (Å²) in [6.07, 6.45) is -0.00157. The number of thiazole rings is 1. The minimum atomic E-state index is -1.32. The molecule has 23 heavy (non-hydrogen) atoms. The van der Waals surface area contributed by atoms with Crippen molar-refractivity contribution in [3.63, 3.8) is 0 Å². The first kappa shape index (κ1) is 17.7. The maximum atomic E-state index is 11.9. The van der Waals surface area contributed by atoms with Gasteiger partial charge in [0, 0.05) is 16.0 Å². The van der Waals surface area contributed by atoms with E-state index in [0.717, 1.165) is 5.56 Å². The van der Waals surface area contributed by atoms with Crippen LogP contribution in [0.5, 0.6) is 0 Å². The number of carbonyl (C=O) groups excluding carboxylic acids is 1. The number of nitrogens with zero attached hydrogens (tertiary/aromatic N) is 1. The van der Waals surface area contributed by atoms with Crippen LogP contribution >= 0.6 is 34.5 Å². The van der Waals surface area contributed by atoms with Crippen molar-refractivity contribution in [2.75, 3.05) is 0 Å². The number of carbonyl (C=O) groups is 2. The van der Waals surface area contributed by atoms with Gasteiger partial charge in [0.15, 0.2) is 0 Å². The second kappa shape index (κ2) is 6.86. The van der Waals surface area contributed by atoms with Crippen molar-refractivity contribution in [2.45, 2.75) is 25.8 Å². The Bertz CT molecular complexity index is 759. The van der Waals surface area contributed by atoms with Gasteiger partial charge < -0.3 is 10.4 Å². The van der Waals surface area contributed by atoms with Crippen molar-refractivity contribution in [2.24, 2.45) is 0 Å². The summed E-state index contributed by atoms with van der Waals surface area (Å²) in [5.74, 6) is -1.51. The minimum absolute atomic E-state index is 0.00157. The fraction of sp³-hybridized carbons (Fsp3) is 0.267. The summed E-state index contributed by atoms with van der Waals surface area (Å²) >= 11 is 13.4. The quantitative estimate of drug-likeness (QED) is 0.839. The normalized spacial score (nSPS) is 11.3. The van der Waals surface area contributed by atoms with Crippen LogP contribution in [0.2, 0.25) is 10.0 Å². The van der Waals surface area contributed by atoms with E-state index >= 15 is 0 Å². The molecule has 0 aliphatic carbocycles. The van der Waals surface area contributed by atoms with Gasteiger partial charge in [-0.3, -0.25) is 4.79 Å². The van der Waals surface area contributed by atoms with Crippen molar-refractivity contribution in [1.82, 2.24) is 10.3 Å². The van der Waals surface area contributed by atoms with Crippen molar-refractivity contribution in [1.29, 1.82) is 0 Å². The molecule has 1 aromatic carbocycles. The number of halogens is 2. The first-order valence-corrected chi connectivity index (χ1v) is 8.27. The molecule has 8 heteroatoms. The highest BCUT2D eigenvalue weighted by Gasteiger charge is 2.29. The highest BCUT2D eigenvalue weighted by atomic mass is 35.5. The van der Waals surface area contributed by atoms with Gasteiger partial charge in [-0.15, -0.1) is 11.3 Å². The minimum Gasteiger partial charge on any atom is -0.480 e. The maximum Gasteiger partial charge on any atom is 0.328 e. The van der Waals surface area contributed by atoms with E-state index in [-0.39, 0.29) is 6.42 Å². The van der Waals surface area contributed by atoms with Gasteiger partial charge in [0.1, 0.15) is 10.5 Å². The Kier molecular flexibility index (Phi) is 5.29. The number of aliphatic carboxylic acids is 1. The molecule has 0 atom stereocenters. The second-order valence-electron chi connectivity index (χ2n) is 5.42. The number of hydrogen-bond acceptors (Lipinski definition) is 4. The number of rotatable bonds is 5. The van der Waals surface area contributed by atoms with Gasteiger partial charge in [-0.25, -0.2) is 9.78 Å². The van der Waals surface area contributed by atoms with E-state index in [1.807, 2.05) is 0 Å². The summed E-state index contributed by atoms with van der Waals surface area (Å²) < 4.78 is 0. The van der Waals surface area contributed by atoms with E-state index in [2.05, 4.69) is 10.3 Å². The Morgan fingerprint density at radius 2 is 2.04 bits per heavy atom. The Hall–Kier alpha value is -1.63. The van der Waals surface area contributed by atoms with E-state index < -0.39 is 17.4 Å². The van der Waals surface area contributed by atoms with Crippen LogP contribution in [0.1, 0.15) is 19.5 Å². The summed E-state index contributed by atoms with van der Waals surface area (Å²) in [6.45, 7) is 2.85. The summed E-state index contributed by atoms with van der Waals surface area (Å²) in [6, 6.07) is 5.11. The van der Waals surface area contributed by atoms with Crippen LogP contribution < -0.4 is 5.32 Å². The predicted molar refractivity (Wildman–Crippen MR) is 91.1 cm³/mol. The number of benzene rings is 1. The monoisotopic (exact) mass is 372 g/mol. The third-order valence-electron chi connectivity index (χ3n) is 3.04. The average molecular weight is 373 g/mol. The second-order valence-corrected chi connectivity index (χ2v) is 7.13. The van der Waals surface area contributed by atoms with Crippen molar-refractivity contribution < 1.29 is 14.7 Å². The smallest absolute Gasteiger partial charge is 0.328 e. The van der Waals surface area contributed by atoms with Crippen LogP contribution in [0, 0.1) is 0 Å². The van der Waals surface area contributed by atoms with Gasteiger partial charge in [0.2, 0.25) is 5.91 Å². The first-order chi connectivity index (χ1) is 10.7. The fourth-order valence-corrected chi connectivity index (χ4v) is 3.20. The molecule has 0 saturated heterocycles. The number of amides is 1. The van der Waals surface area contributed by atoms with Crippen LogP contribution in [-0.4, -0.2) is 27.5 Å². The topological polar surface area (TPSA) is 79.3 Å². The zero-order chi connectivity index (χ0) is 17.2. The molecule has 0 saturated carbocycles. The average Bonchev–Trinajstić information content (AvgIpc) is 2.85. The molecule has 0 spiro atoms. The molecule has 2 rings (SSSR count). The third kappa shape index (κ3) is 4.43.